The van der Waals surface area contributed by atoms with Crippen LogP contribution in [0.1, 0.15) is 23.5 Å². The molecule has 2 aromatic rings. The van der Waals surface area contributed by atoms with Gasteiger partial charge < -0.3 is 4.98 Å². The molecule has 0 bridgehead atoms. The molecule has 88 valence electrons. The van der Waals surface area contributed by atoms with E-state index in [0.717, 1.165) is 29.4 Å². The monoisotopic (exact) mass is 246 g/mol. The summed E-state index contributed by atoms with van der Waals surface area (Å²) in [4.78, 5) is 7.30. The number of aryl methyl sites for hydroxylation is 2. The first-order valence-electron chi connectivity index (χ1n) is 5.67. The number of hydrogen-bond acceptors (Lipinski definition) is 1. The summed E-state index contributed by atoms with van der Waals surface area (Å²) in [5, 5.41) is 0.846. The molecule has 0 aliphatic rings. The Kier molecular flexibility index (Phi) is 3.99. The fraction of sp³-hybridized carbons (Fsp3) is 0.214. The van der Waals surface area contributed by atoms with Crippen molar-refractivity contribution in [3.05, 3.63) is 58.6 Å². The largest absolute Gasteiger partial charge is 0.343 e. The number of nitrogens with one attached hydrogen (secondary N) is 1. The molecule has 1 heterocycles. The van der Waals surface area contributed by atoms with Gasteiger partial charge in [-0.1, -0.05) is 35.9 Å². The van der Waals surface area contributed by atoms with Crippen LogP contribution in [0.2, 0.25) is 5.02 Å². The van der Waals surface area contributed by atoms with E-state index in [1.807, 2.05) is 31.3 Å². The molecule has 2 nitrogen and oxygen atoms in total. The van der Waals surface area contributed by atoms with Crippen LogP contribution in [-0.4, -0.2) is 9.97 Å². The Morgan fingerprint density at radius 1 is 1.35 bits per heavy atom. The first-order chi connectivity index (χ1) is 8.25. The lowest BCUT2D eigenvalue weighted by molar-refractivity contribution is 1.00. The van der Waals surface area contributed by atoms with Crippen LogP contribution in [0.15, 0.2) is 36.5 Å². The molecule has 1 N–H and O–H groups in total. The summed E-state index contributed by atoms with van der Waals surface area (Å²) < 4.78 is 0. The summed E-state index contributed by atoms with van der Waals surface area (Å²) in [6, 6.07) is 7.97. The number of halogens is 1. The molecule has 3 heteroatoms. The SMILES string of the molecule is Cc1ncc(C=CCCc2ccccc2Cl)[nH]1. The third-order valence-corrected chi connectivity index (χ3v) is 2.93. The van der Waals surface area contributed by atoms with Gasteiger partial charge in [0.05, 0.1) is 11.9 Å². The Hall–Kier alpha value is -1.54. The molecule has 0 unspecified atom stereocenters. The normalized spacial score (nSPS) is 11.2. The van der Waals surface area contributed by atoms with Crippen molar-refractivity contribution in [1.82, 2.24) is 9.97 Å². The standard InChI is InChI=1S/C14H15ClN2/c1-11-16-10-13(17-11)8-4-2-6-12-7-3-5-9-14(12)15/h3-5,7-10H,2,6H2,1H3,(H,16,17). The lowest BCUT2D eigenvalue weighted by atomic mass is 10.1. The summed E-state index contributed by atoms with van der Waals surface area (Å²) in [5.74, 6) is 0.941. The summed E-state index contributed by atoms with van der Waals surface area (Å²) in [6.45, 7) is 1.95. The third kappa shape index (κ3) is 3.46. The number of benzene rings is 1. The van der Waals surface area contributed by atoms with Gasteiger partial charge in [0, 0.05) is 5.02 Å². The molecule has 0 amide bonds. The fourth-order valence-electron chi connectivity index (χ4n) is 1.67. The van der Waals surface area contributed by atoms with E-state index in [-0.39, 0.29) is 0 Å². The van der Waals surface area contributed by atoms with Crippen LogP contribution in [0.4, 0.5) is 0 Å². The minimum atomic E-state index is 0.846. The number of H-pyrrole nitrogens is 1. The van der Waals surface area contributed by atoms with E-state index in [1.54, 1.807) is 0 Å². The van der Waals surface area contributed by atoms with Crippen molar-refractivity contribution in [2.45, 2.75) is 19.8 Å². The van der Waals surface area contributed by atoms with Crippen LogP contribution in [0.5, 0.6) is 0 Å². The summed E-state index contributed by atoms with van der Waals surface area (Å²) in [7, 11) is 0. The minimum absolute atomic E-state index is 0.846. The van der Waals surface area contributed by atoms with Crippen molar-refractivity contribution < 1.29 is 0 Å². The number of aromatic amines is 1. The highest BCUT2D eigenvalue weighted by Crippen LogP contribution is 2.16. The molecular weight excluding hydrogens is 232 g/mol. The van der Waals surface area contributed by atoms with Crippen LogP contribution in [0, 0.1) is 6.92 Å². The zero-order valence-electron chi connectivity index (χ0n) is 9.78. The average molecular weight is 247 g/mol. The van der Waals surface area contributed by atoms with Crippen molar-refractivity contribution in [3.63, 3.8) is 0 Å². The number of nitrogens with zero attached hydrogens (tertiary/aromatic N) is 1. The van der Waals surface area contributed by atoms with Crippen LogP contribution >= 0.6 is 11.6 Å². The highest BCUT2D eigenvalue weighted by atomic mass is 35.5. The molecule has 2 rings (SSSR count). The van der Waals surface area contributed by atoms with Crippen molar-refractivity contribution in [2.24, 2.45) is 0 Å². The molecule has 0 spiro atoms. The van der Waals surface area contributed by atoms with Gasteiger partial charge in [0.1, 0.15) is 5.82 Å². The van der Waals surface area contributed by atoms with Crippen molar-refractivity contribution >= 4 is 17.7 Å². The Morgan fingerprint density at radius 3 is 2.88 bits per heavy atom. The first kappa shape index (κ1) is 11.9. The summed E-state index contributed by atoms with van der Waals surface area (Å²) in [6.07, 6.45) is 7.96. The van der Waals surface area contributed by atoms with E-state index in [9.17, 15) is 0 Å². The van der Waals surface area contributed by atoms with Crippen molar-refractivity contribution in [1.29, 1.82) is 0 Å². The van der Waals surface area contributed by atoms with Gasteiger partial charge in [-0.3, -0.25) is 0 Å². The quantitative estimate of drug-likeness (QED) is 0.867. The van der Waals surface area contributed by atoms with Crippen molar-refractivity contribution in [3.8, 4) is 0 Å². The molecule has 0 fully saturated rings. The van der Waals surface area contributed by atoms with Crippen LogP contribution in [-0.2, 0) is 6.42 Å². The average Bonchev–Trinajstić information content (AvgIpc) is 2.73. The van der Waals surface area contributed by atoms with Crippen LogP contribution < -0.4 is 0 Å². The van der Waals surface area contributed by atoms with Gasteiger partial charge in [-0.25, -0.2) is 4.98 Å². The lowest BCUT2D eigenvalue weighted by Gasteiger charge is -2.00. The highest BCUT2D eigenvalue weighted by molar-refractivity contribution is 6.31. The second-order valence-electron chi connectivity index (χ2n) is 3.96. The van der Waals surface area contributed by atoms with Gasteiger partial charge in [0.25, 0.3) is 0 Å². The molecule has 0 aliphatic carbocycles. The van der Waals surface area contributed by atoms with Crippen molar-refractivity contribution in [2.75, 3.05) is 0 Å². The first-order valence-corrected chi connectivity index (χ1v) is 6.05. The Balaban J connectivity index is 1.88. The van der Waals surface area contributed by atoms with Crippen LogP contribution in [0.25, 0.3) is 6.08 Å². The Bertz CT molecular complexity index is 514. The van der Waals surface area contributed by atoms with E-state index in [4.69, 9.17) is 11.6 Å². The van der Waals surface area contributed by atoms with Gasteiger partial charge in [-0.2, -0.15) is 0 Å². The maximum atomic E-state index is 6.08. The molecule has 0 saturated carbocycles. The minimum Gasteiger partial charge on any atom is -0.343 e. The number of hydrogen-bond donors (Lipinski definition) is 1. The topological polar surface area (TPSA) is 28.7 Å². The van der Waals surface area contributed by atoms with Gasteiger partial charge in [-0.15, -0.1) is 0 Å². The Morgan fingerprint density at radius 2 is 2.18 bits per heavy atom. The Labute approximate surface area is 106 Å². The second-order valence-corrected chi connectivity index (χ2v) is 4.36. The van der Waals surface area contributed by atoms with Gasteiger partial charge >= 0.3 is 0 Å². The lowest BCUT2D eigenvalue weighted by Crippen LogP contribution is -1.84. The predicted octanol–water partition coefficient (Wildman–Crippen LogP) is 4.02. The predicted molar refractivity (Wildman–Crippen MR) is 72.1 cm³/mol. The van der Waals surface area contributed by atoms with Gasteiger partial charge in [0.15, 0.2) is 0 Å². The molecule has 0 saturated heterocycles. The number of rotatable bonds is 4. The van der Waals surface area contributed by atoms with E-state index in [1.165, 1.54) is 5.56 Å². The zero-order valence-corrected chi connectivity index (χ0v) is 10.5. The number of imidazole rings is 1. The maximum Gasteiger partial charge on any atom is 0.103 e. The van der Waals surface area contributed by atoms with E-state index in [2.05, 4.69) is 28.2 Å². The van der Waals surface area contributed by atoms with E-state index in [0.29, 0.717) is 0 Å². The van der Waals surface area contributed by atoms with Gasteiger partial charge in [-0.05, 0) is 37.5 Å². The molecule has 17 heavy (non-hydrogen) atoms. The molecule has 0 radical (unpaired) electrons. The second kappa shape index (κ2) is 5.69. The molecular formula is C14H15ClN2. The summed E-state index contributed by atoms with van der Waals surface area (Å²) in [5.41, 5.74) is 2.24. The summed E-state index contributed by atoms with van der Waals surface area (Å²) >= 11 is 6.08. The molecule has 1 aromatic heterocycles. The molecule has 0 atom stereocenters. The van der Waals surface area contributed by atoms with Crippen LogP contribution in [0.3, 0.4) is 0 Å². The number of aromatic nitrogens is 2. The smallest absolute Gasteiger partial charge is 0.103 e. The van der Waals surface area contributed by atoms with Gasteiger partial charge in [0.2, 0.25) is 0 Å². The highest BCUT2D eigenvalue weighted by Gasteiger charge is 1.96. The fourth-order valence-corrected chi connectivity index (χ4v) is 1.91. The zero-order chi connectivity index (χ0) is 12.1. The van der Waals surface area contributed by atoms with E-state index >= 15 is 0 Å². The maximum absolute atomic E-state index is 6.08. The number of allylic oxidation sites excluding steroid dienone is 1. The third-order valence-electron chi connectivity index (χ3n) is 2.56. The van der Waals surface area contributed by atoms with E-state index < -0.39 is 0 Å². The molecule has 1 aromatic carbocycles. The molecule has 0 aliphatic heterocycles.